The van der Waals surface area contributed by atoms with E-state index in [4.69, 9.17) is 31.3 Å². The van der Waals surface area contributed by atoms with E-state index in [0.717, 1.165) is 0 Å². The summed E-state index contributed by atoms with van der Waals surface area (Å²) in [5.74, 6) is -2.59. The number of carbonyl (C=O) groups excluding carboxylic acids is 1. The molecule has 0 bridgehead atoms. The molecule has 2 rings (SSSR count). The van der Waals surface area contributed by atoms with E-state index in [1.807, 2.05) is 6.07 Å². The Hall–Kier alpha value is -2.86. The Morgan fingerprint density at radius 2 is 1.33 bits per heavy atom. The summed E-state index contributed by atoms with van der Waals surface area (Å²) >= 11 is 0. The lowest BCUT2D eigenvalue weighted by atomic mass is 9.96. The number of carbonyl (C=O) groups is 3. The minimum absolute atomic E-state index is 0. The molecule has 33 heavy (non-hydrogen) atoms. The predicted octanol–water partition coefficient (Wildman–Crippen LogP) is 0.218. The molecule has 0 aliphatic heterocycles. The molecule has 0 aromatic heterocycles. The van der Waals surface area contributed by atoms with Crippen molar-refractivity contribution in [3.63, 3.8) is 0 Å². The lowest BCUT2D eigenvalue weighted by Crippen LogP contribution is -2.50. The highest BCUT2D eigenvalue weighted by molar-refractivity contribution is 6.09. The fourth-order valence-corrected chi connectivity index (χ4v) is 2.00. The van der Waals surface area contributed by atoms with Crippen LogP contribution >= 0.6 is 12.4 Å². The fourth-order valence-electron chi connectivity index (χ4n) is 2.00. The highest BCUT2D eigenvalue weighted by atomic mass is 35.5. The monoisotopic (exact) mass is 486 g/mol. The average molecular weight is 487 g/mol. The number of aliphatic hydroxyl groups excluding tert-OH is 3. The van der Waals surface area contributed by atoms with Crippen LogP contribution in [0, 0.1) is 0 Å². The van der Waals surface area contributed by atoms with E-state index in [0.29, 0.717) is 16.7 Å². The zero-order chi connectivity index (χ0) is 24.7. The first-order valence-corrected chi connectivity index (χ1v) is 9.51. The largest absolute Gasteiger partial charge is 0.481 e. The molecule has 0 radical (unpaired) electrons. The van der Waals surface area contributed by atoms with Crippen molar-refractivity contribution in [2.24, 2.45) is 11.5 Å². The van der Waals surface area contributed by atoms with Crippen molar-refractivity contribution in [2.75, 3.05) is 26.4 Å². The van der Waals surface area contributed by atoms with Crippen molar-refractivity contribution in [2.45, 2.75) is 18.4 Å². The summed E-state index contributed by atoms with van der Waals surface area (Å²) in [6.45, 7) is 0.119. The number of aliphatic carboxylic acids is 2. The van der Waals surface area contributed by atoms with Gasteiger partial charge in [-0.2, -0.15) is 0 Å². The van der Waals surface area contributed by atoms with Crippen LogP contribution in [0.15, 0.2) is 54.6 Å². The van der Waals surface area contributed by atoms with Gasteiger partial charge in [0.2, 0.25) is 0 Å². The summed E-state index contributed by atoms with van der Waals surface area (Å²) < 4.78 is 0. The van der Waals surface area contributed by atoms with Gasteiger partial charge in [0.15, 0.2) is 5.78 Å². The summed E-state index contributed by atoms with van der Waals surface area (Å²) in [6.07, 6.45) is 0. The smallest absolute Gasteiger partial charge is 0.317 e. The van der Waals surface area contributed by atoms with Gasteiger partial charge < -0.3 is 37.0 Å². The third-order valence-electron chi connectivity index (χ3n) is 4.17. The van der Waals surface area contributed by atoms with Gasteiger partial charge in [0.1, 0.15) is 0 Å². The molecule has 1 unspecified atom stereocenters. The van der Waals surface area contributed by atoms with E-state index in [9.17, 15) is 14.4 Å². The number of hydrogen-bond donors (Lipinski definition) is 7. The zero-order valence-corrected chi connectivity index (χ0v) is 18.9. The normalized spacial score (nSPS) is 10.8. The Labute approximate surface area is 197 Å². The van der Waals surface area contributed by atoms with Crippen molar-refractivity contribution in [1.82, 2.24) is 0 Å². The van der Waals surface area contributed by atoms with Gasteiger partial charge in [0, 0.05) is 11.1 Å². The minimum atomic E-state index is -1.21. The van der Waals surface area contributed by atoms with Gasteiger partial charge in [-0.25, -0.2) is 0 Å². The molecule has 0 saturated heterocycles. The van der Waals surface area contributed by atoms with E-state index in [-0.39, 0.29) is 24.7 Å². The Morgan fingerprint density at radius 3 is 1.70 bits per heavy atom. The molecular weight excluding hydrogens is 456 g/mol. The quantitative estimate of drug-likeness (QED) is 0.252. The maximum absolute atomic E-state index is 12.2. The van der Waals surface area contributed by atoms with Crippen LogP contribution in [0.1, 0.15) is 34.3 Å². The lowest BCUT2D eigenvalue weighted by molar-refractivity contribution is -0.138. The van der Waals surface area contributed by atoms with E-state index < -0.39 is 43.2 Å². The molecule has 0 amide bonds. The van der Waals surface area contributed by atoms with Crippen LogP contribution in [0.4, 0.5) is 0 Å². The van der Waals surface area contributed by atoms with Crippen molar-refractivity contribution < 1.29 is 39.9 Å². The topological polar surface area (TPSA) is 204 Å². The number of benzene rings is 2. The molecule has 0 aliphatic rings. The first-order chi connectivity index (χ1) is 15.0. The Kier molecular flexibility index (Phi) is 16.4. The summed E-state index contributed by atoms with van der Waals surface area (Å²) in [6, 6.07) is 15.7. The first-order valence-electron chi connectivity index (χ1n) is 9.51. The number of hydrogen-bond acceptors (Lipinski definition) is 8. The Bertz CT molecular complexity index is 852. The predicted molar refractivity (Wildman–Crippen MR) is 124 cm³/mol. The Balaban J connectivity index is 0. The molecule has 184 valence electrons. The van der Waals surface area contributed by atoms with Crippen LogP contribution < -0.4 is 11.5 Å². The van der Waals surface area contributed by atoms with Gasteiger partial charge in [0.25, 0.3) is 0 Å². The van der Waals surface area contributed by atoms with Crippen LogP contribution in [-0.2, 0) is 9.59 Å². The maximum Gasteiger partial charge on any atom is 0.317 e. The third-order valence-corrected chi connectivity index (χ3v) is 4.17. The molecule has 0 saturated carbocycles. The van der Waals surface area contributed by atoms with E-state index in [1.165, 1.54) is 0 Å². The third kappa shape index (κ3) is 12.1. The summed E-state index contributed by atoms with van der Waals surface area (Å²) in [4.78, 5) is 32.5. The van der Waals surface area contributed by atoms with E-state index in [2.05, 4.69) is 5.73 Å². The average Bonchev–Trinajstić information content (AvgIpc) is 2.83. The summed E-state index contributed by atoms with van der Waals surface area (Å²) in [7, 11) is 0. The minimum Gasteiger partial charge on any atom is -0.481 e. The maximum atomic E-state index is 12.2. The van der Waals surface area contributed by atoms with Gasteiger partial charge in [-0.05, 0) is 18.6 Å². The number of halogens is 1. The van der Waals surface area contributed by atoms with Crippen LogP contribution in [0.5, 0.6) is 0 Å². The molecule has 1 atom stereocenters. The summed E-state index contributed by atoms with van der Waals surface area (Å²) in [5, 5.41) is 41.6. The van der Waals surface area contributed by atoms with Gasteiger partial charge in [0.05, 0.1) is 37.8 Å². The van der Waals surface area contributed by atoms with Gasteiger partial charge in [-0.15, -0.1) is 12.4 Å². The standard InChI is InChI=1S/C16H14O3.C4H11NO3.C2H5NO2.ClH/c1-11(16(18)19)13-8-5-9-14(10-13)15(17)12-6-3-2-4-7-12;5-4(1-6,2-7)3-8;3-1-2(4)5;/h2-11H,1H3,(H,18,19);6-8H,1-3,5H2;1,3H2,(H,4,5);1H. The number of carboxylic acids is 2. The van der Waals surface area contributed by atoms with Crippen molar-refractivity contribution >= 4 is 30.1 Å². The molecule has 0 fully saturated rings. The van der Waals surface area contributed by atoms with Crippen molar-refractivity contribution in [1.29, 1.82) is 0 Å². The molecule has 2 aromatic carbocycles. The second-order valence-electron chi connectivity index (χ2n) is 6.82. The first kappa shape index (κ1) is 32.3. The number of ketones is 1. The second kappa shape index (κ2) is 16.7. The molecule has 0 spiro atoms. The van der Waals surface area contributed by atoms with Crippen LogP contribution in [0.25, 0.3) is 0 Å². The molecule has 0 heterocycles. The molecule has 9 N–H and O–H groups in total. The van der Waals surface area contributed by atoms with E-state index >= 15 is 0 Å². The molecule has 10 nitrogen and oxygen atoms in total. The fraction of sp³-hybridized carbons (Fsp3) is 0.318. The number of carboxylic acid groups (broad SMARTS) is 2. The number of aliphatic hydroxyl groups is 3. The van der Waals surface area contributed by atoms with Crippen LogP contribution in [0.3, 0.4) is 0 Å². The highest BCUT2D eigenvalue weighted by Crippen LogP contribution is 2.18. The summed E-state index contributed by atoms with van der Waals surface area (Å²) in [5.41, 5.74) is 10.3. The molecular formula is C22H31ClN2O8. The van der Waals surface area contributed by atoms with Crippen LogP contribution in [-0.4, -0.2) is 75.2 Å². The lowest BCUT2D eigenvalue weighted by Gasteiger charge is -2.20. The molecule has 0 aliphatic carbocycles. The van der Waals surface area contributed by atoms with Gasteiger partial charge in [-0.3, -0.25) is 14.4 Å². The number of nitrogens with two attached hydrogens (primary N) is 2. The SMILES string of the molecule is CC(C(=O)O)c1cccc(C(=O)c2ccccc2)c1.Cl.NC(CO)(CO)CO.NCC(=O)O. The van der Waals surface area contributed by atoms with Crippen molar-refractivity contribution in [3.8, 4) is 0 Å². The second-order valence-corrected chi connectivity index (χ2v) is 6.82. The van der Waals surface area contributed by atoms with Gasteiger partial charge >= 0.3 is 11.9 Å². The van der Waals surface area contributed by atoms with Crippen molar-refractivity contribution in [3.05, 3.63) is 71.3 Å². The van der Waals surface area contributed by atoms with Gasteiger partial charge in [-0.1, -0.05) is 48.5 Å². The Morgan fingerprint density at radius 1 is 0.879 bits per heavy atom. The zero-order valence-electron chi connectivity index (χ0n) is 18.1. The highest BCUT2D eigenvalue weighted by Gasteiger charge is 2.20. The molecule has 11 heteroatoms. The molecule has 2 aromatic rings. The van der Waals surface area contributed by atoms with E-state index in [1.54, 1.807) is 55.5 Å². The van der Waals surface area contributed by atoms with Crippen LogP contribution in [0.2, 0.25) is 0 Å². The number of rotatable bonds is 8.